The lowest BCUT2D eigenvalue weighted by Gasteiger charge is -2.35. The molecule has 3 fully saturated rings. The first kappa shape index (κ1) is 15.3. The number of carbonyl (C=O) groups excluding carboxylic acids is 1. The van der Waals surface area contributed by atoms with E-state index in [1.165, 1.54) is 64.3 Å². The van der Waals surface area contributed by atoms with Crippen molar-refractivity contribution in [3.63, 3.8) is 0 Å². The molecule has 0 radical (unpaired) electrons. The summed E-state index contributed by atoms with van der Waals surface area (Å²) in [4.78, 5) is 14.5. The average Bonchev–Trinajstić information content (AvgIpc) is 3.08. The van der Waals surface area contributed by atoms with Crippen LogP contribution in [0.4, 0.5) is 0 Å². The summed E-state index contributed by atoms with van der Waals surface area (Å²) < 4.78 is 0. The molecule has 0 aromatic rings. The molecule has 3 nitrogen and oxygen atoms in total. The summed E-state index contributed by atoms with van der Waals surface area (Å²) in [6.45, 7) is 3.21. The summed E-state index contributed by atoms with van der Waals surface area (Å²) in [5, 5.41) is 3.64. The van der Waals surface area contributed by atoms with E-state index in [1.54, 1.807) is 0 Å². The van der Waals surface area contributed by atoms with Crippen molar-refractivity contribution < 1.29 is 4.79 Å². The highest BCUT2D eigenvalue weighted by Gasteiger charge is 2.29. The van der Waals surface area contributed by atoms with E-state index >= 15 is 0 Å². The Morgan fingerprint density at radius 2 is 1.71 bits per heavy atom. The third kappa shape index (κ3) is 4.21. The quantitative estimate of drug-likeness (QED) is 0.862. The first-order valence-corrected chi connectivity index (χ1v) is 9.34. The summed E-state index contributed by atoms with van der Waals surface area (Å²) in [6.07, 6.45) is 14.0. The van der Waals surface area contributed by atoms with Crippen LogP contribution in [0.2, 0.25) is 0 Å². The van der Waals surface area contributed by atoms with Crippen LogP contribution in [-0.4, -0.2) is 36.5 Å². The number of amides is 1. The zero-order valence-electron chi connectivity index (χ0n) is 13.5. The summed E-state index contributed by atoms with van der Waals surface area (Å²) in [6, 6.07) is 0.740. The summed E-state index contributed by atoms with van der Waals surface area (Å²) in [5.41, 5.74) is 0. The number of nitrogens with zero attached hydrogens (tertiary/aromatic N) is 1. The molecule has 120 valence electrons. The van der Waals surface area contributed by atoms with Gasteiger partial charge in [-0.05, 0) is 50.5 Å². The van der Waals surface area contributed by atoms with Crippen molar-refractivity contribution in [2.24, 2.45) is 11.8 Å². The SMILES string of the molecule is O=C(CCC1CCCCC1)N1CCC(C2CCCN2)CC1. The molecule has 1 amide bonds. The van der Waals surface area contributed by atoms with Crippen LogP contribution in [0.5, 0.6) is 0 Å². The average molecular weight is 292 g/mol. The molecule has 21 heavy (non-hydrogen) atoms. The minimum Gasteiger partial charge on any atom is -0.343 e. The summed E-state index contributed by atoms with van der Waals surface area (Å²) in [7, 11) is 0. The number of hydrogen-bond donors (Lipinski definition) is 1. The van der Waals surface area contributed by atoms with E-state index < -0.39 is 0 Å². The first-order chi connectivity index (χ1) is 10.3. The van der Waals surface area contributed by atoms with Crippen LogP contribution >= 0.6 is 0 Å². The molecule has 0 aromatic heterocycles. The molecular formula is C18H32N2O. The second-order valence-electron chi connectivity index (χ2n) is 7.46. The molecule has 2 saturated heterocycles. The predicted molar refractivity (Wildman–Crippen MR) is 86.1 cm³/mol. The largest absolute Gasteiger partial charge is 0.343 e. The van der Waals surface area contributed by atoms with Crippen LogP contribution in [0.25, 0.3) is 0 Å². The third-order valence-electron chi connectivity index (χ3n) is 6.05. The molecule has 3 rings (SSSR count). The normalized spacial score (nSPS) is 29.0. The molecule has 1 unspecified atom stereocenters. The summed E-state index contributed by atoms with van der Waals surface area (Å²) in [5.74, 6) is 2.08. The van der Waals surface area contributed by atoms with Gasteiger partial charge in [-0.15, -0.1) is 0 Å². The van der Waals surface area contributed by atoms with Crippen LogP contribution in [0.3, 0.4) is 0 Å². The van der Waals surface area contributed by atoms with Gasteiger partial charge in [0.05, 0.1) is 0 Å². The van der Waals surface area contributed by atoms with Crippen molar-refractivity contribution in [3.8, 4) is 0 Å². The van der Waals surface area contributed by atoms with Gasteiger partial charge in [0.25, 0.3) is 0 Å². The molecule has 1 saturated carbocycles. The number of piperidine rings is 1. The van der Waals surface area contributed by atoms with E-state index in [0.717, 1.165) is 43.8 Å². The minimum atomic E-state index is 0.429. The third-order valence-corrected chi connectivity index (χ3v) is 6.05. The van der Waals surface area contributed by atoms with E-state index in [2.05, 4.69) is 10.2 Å². The Kier molecular flexibility index (Phi) is 5.56. The van der Waals surface area contributed by atoms with Crippen molar-refractivity contribution >= 4 is 5.91 Å². The maximum absolute atomic E-state index is 12.4. The van der Waals surface area contributed by atoms with Gasteiger partial charge in [0.15, 0.2) is 0 Å². The Labute approximate surface area is 129 Å². The Hall–Kier alpha value is -0.570. The second-order valence-corrected chi connectivity index (χ2v) is 7.46. The highest BCUT2D eigenvalue weighted by molar-refractivity contribution is 5.76. The van der Waals surface area contributed by atoms with Gasteiger partial charge < -0.3 is 10.2 Å². The Morgan fingerprint density at radius 3 is 2.38 bits per heavy atom. The van der Waals surface area contributed by atoms with Gasteiger partial charge in [0.2, 0.25) is 5.91 Å². The fourth-order valence-electron chi connectivity index (χ4n) is 4.63. The smallest absolute Gasteiger partial charge is 0.222 e. The van der Waals surface area contributed by atoms with Crippen molar-refractivity contribution in [3.05, 3.63) is 0 Å². The lowest BCUT2D eigenvalue weighted by molar-refractivity contribution is -0.133. The molecule has 1 N–H and O–H groups in total. The van der Waals surface area contributed by atoms with Crippen LogP contribution in [0.1, 0.15) is 70.6 Å². The Balaban J connectivity index is 1.36. The second kappa shape index (κ2) is 7.62. The Morgan fingerprint density at radius 1 is 0.952 bits per heavy atom. The molecule has 0 aromatic carbocycles. The number of likely N-dealkylation sites (tertiary alicyclic amines) is 1. The fraction of sp³-hybridized carbons (Fsp3) is 0.944. The van der Waals surface area contributed by atoms with Crippen LogP contribution in [0, 0.1) is 11.8 Å². The number of nitrogens with one attached hydrogen (secondary N) is 1. The van der Waals surface area contributed by atoms with Crippen molar-refractivity contribution in [2.75, 3.05) is 19.6 Å². The molecule has 0 bridgehead atoms. The molecule has 1 atom stereocenters. The molecule has 2 heterocycles. The van der Waals surface area contributed by atoms with E-state index in [4.69, 9.17) is 0 Å². The van der Waals surface area contributed by atoms with Gasteiger partial charge in [-0.25, -0.2) is 0 Å². The topological polar surface area (TPSA) is 32.3 Å². The predicted octanol–water partition coefficient (Wildman–Crippen LogP) is 3.34. The van der Waals surface area contributed by atoms with Crippen LogP contribution in [-0.2, 0) is 4.79 Å². The van der Waals surface area contributed by atoms with E-state index in [1.807, 2.05) is 0 Å². The molecule has 3 aliphatic rings. The number of rotatable bonds is 4. The maximum atomic E-state index is 12.4. The van der Waals surface area contributed by atoms with Crippen molar-refractivity contribution in [1.29, 1.82) is 0 Å². The van der Waals surface area contributed by atoms with E-state index in [0.29, 0.717) is 5.91 Å². The fourth-order valence-corrected chi connectivity index (χ4v) is 4.63. The van der Waals surface area contributed by atoms with Crippen molar-refractivity contribution in [1.82, 2.24) is 10.2 Å². The first-order valence-electron chi connectivity index (χ1n) is 9.34. The highest BCUT2D eigenvalue weighted by atomic mass is 16.2. The monoisotopic (exact) mass is 292 g/mol. The number of hydrogen-bond acceptors (Lipinski definition) is 2. The van der Waals surface area contributed by atoms with Gasteiger partial charge in [0, 0.05) is 25.6 Å². The zero-order chi connectivity index (χ0) is 14.5. The Bertz CT molecular complexity index is 324. The lowest BCUT2D eigenvalue weighted by Crippen LogP contribution is -2.43. The minimum absolute atomic E-state index is 0.429. The molecule has 0 spiro atoms. The molecule has 1 aliphatic carbocycles. The highest BCUT2D eigenvalue weighted by Crippen LogP contribution is 2.29. The van der Waals surface area contributed by atoms with Crippen molar-refractivity contribution in [2.45, 2.75) is 76.7 Å². The summed E-state index contributed by atoms with van der Waals surface area (Å²) >= 11 is 0. The van der Waals surface area contributed by atoms with Gasteiger partial charge in [-0.1, -0.05) is 32.1 Å². The van der Waals surface area contributed by atoms with Gasteiger partial charge in [-0.2, -0.15) is 0 Å². The number of carbonyl (C=O) groups is 1. The van der Waals surface area contributed by atoms with Crippen LogP contribution in [0.15, 0.2) is 0 Å². The lowest BCUT2D eigenvalue weighted by atomic mass is 9.85. The maximum Gasteiger partial charge on any atom is 0.222 e. The molecular weight excluding hydrogens is 260 g/mol. The molecule has 3 heteroatoms. The molecule has 2 aliphatic heterocycles. The van der Waals surface area contributed by atoms with E-state index in [-0.39, 0.29) is 0 Å². The van der Waals surface area contributed by atoms with E-state index in [9.17, 15) is 4.79 Å². The van der Waals surface area contributed by atoms with Gasteiger partial charge in [-0.3, -0.25) is 4.79 Å². The van der Waals surface area contributed by atoms with Gasteiger partial charge in [0.1, 0.15) is 0 Å². The van der Waals surface area contributed by atoms with Gasteiger partial charge >= 0.3 is 0 Å². The zero-order valence-corrected chi connectivity index (χ0v) is 13.5. The van der Waals surface area contributed by atoms with Crippen LogP contribution < -0.4 is 5.32 Å². The standard InChI is InChI=1S/C18H32N2O/c21-18(9-8-15-5-2-1-3-6-15)20-13-10-16(11-14-20)17-7-4-12-19-17/h15-17,19H,1-14H2.